The molecule has 27 aliphatic rings. The van der Waals surface area contributed by atoms with Crippen LogP contribution in [0.1, 0.15) is 514 Å². The van der Waals surface area contributed by atoms with Gasteiger partial charge in [-0.05, 0) is 274 Å². The Labute approximate surface area is 686 Å². The van der Waals surface area contributed by atoms with Gasteiger partial charge in [-0.25, -0.2) is 0 Å². The van der Waals surface area contributed by atoms with Crippen LogP contribution in [-0.2, 0) is 0 Å². The molecule has 22 atom stereocenters. The molecule has 0 spiro atoms. The molecule has 0 saturated heterocycles. The largest absolute Gasteiger partial charge is 0.0533 e. The van der Waals surface area contributed by atoms with Crippen LogP contribution in [0.3, 0.4) is 0 Å². The molecule has 0 aromatic heterocycles. The lowest BCUT2D eigenvalue weighted by Crippen LogP contribution is -2.38. The summed E-state index contributed by atoms with van der Waals surface area (Å²) >= 11 is 0. The van der Waals surface area contributed by atoms with E-state index in [-0.39, 0.29) is 0 Å². The molecule has 630 valence electrons. The third kappa shape index (κ3) is 24.4. The summed E-state index contributed by atoms with van der Waals surface area (Å²) in [5.41, 5.74) is 0. The molecular formula is C110H190. The van der Waals surface area contributed by atoms with Gasteiger partial charge in [0.05, 0.1) is 0 Å². The highest BCUT2D eigenvalue weighted by Crippen LogP contribution is 2.60. The van der Waals surface area contributed by atoms with Crippen LogP contribution in [0.25, 0.3) is 0 Å². The molecule has 0 nitrogen and oxygen atoms in total. The molecule has 0 aliphatic heterocycles. The number of hydrogen-bond donors (Lipinski definition) is 0. The zero-order chi connectivity index (χ0) is 73.9. The Hall–Kier alpha value is 0. The minimum absolute atomic E-state index is 1.14. The van der Waals surface area contributed by atoms with Crippen molar-refractivity contribution in [3.63, 3.8) is 0 Å². The predicted octanol–water partition coefficient (Wildman–Crippen LogP) is 34.9. The summed E-state index contributed by atoms with van der Waals surface area (Å²) in [6.45, 7) is 0. The van der Waals surface area contributed by atoms with E-state index < -0.39 is 0 Å². The van der Waals surface area contributed by atoms with Crippen molar-refractivity contribution >= 4 is 0 Å². The molecule has 12 unspecified atom stereocenters. The second-order valence-electron chi connectivity index (χ2n) is 47.1. The first-order chi connectivity index (χ1) is 54.5. The van der Waals surface area contributed by atoms with E-state index in [4.69, 9.17) is 0 Å². The molecule has 0 aromatic rings. The van der Waals surface area contributed by atoms with Crippen LogP contribution in [0.2, 0.25) is 0 Å². The van der Waals surface area contributed by atoms with Crippen molar-refractivity contribution in [2.24, 2.45) is 178 Å². The van der Waals surface area contributed by atoms with E-state index >= 15 is 0 Å². The van der Waals surface area contributed by atoms with Crippen molar-refractivity contribution in [3.8, 4) is 0 Å². The Morgan fingerprint density at radius 2 is 0.218 bits per heavy atom. The zero-order valence-corrected chi connectivity index (χ0v) is 73.9. The molecule has 0 heteroatoms. The molecule has 27 fully saturated rings. The molecular weight excluding hydrogens is 1320 g/mol. The van der Waals surface area contributed by atoms with Crippen LogP contribution in [0.15, 0.2) is 0 Å². The first kappa shape index (κ1) is 83.6. The van der Waals surface area contributed by atoms with Crippen molar-refractivity contribution in [1.82, 2.24) is 0 Å². The maximum atomic E-state index is 1.61. The SMILES string of the molecule is C1CC2CCCC2C1.C1CC2CCCC2C2CC2C1.C1CC2CCCC3CCC(C1)C23.C1CCC2C(C1)CCC1CCCCC12.C1CCC2CCCCC2C1.C1CCC2CCCCC2C1.C1CCC2CCCCC2CC1.C1CC[C@H]2CCC[C@H]2C1.C1CC[C@H]2C[C@H]2C1.C1C[C@@H]2CC[C@@H]2C1.C1C[C@@H]2C[C@@H]2C1.C1C[C@H]2C[C@@H]12. The highest BCUT2D eigenvalue weighted by Gasteiger charge is 2.50. The van der Waals surface area contributed by atoms with Gasteiger partial charge >= 0.3 is 0 Å². The van der Waals surface area contributed by atoms with Gasteiger partial charge < -0.3 is 0 Å². The molecule has 27 aliphatic carbocycles. The Morgan fingerprint density at radius 3 is 0.500 bits per heavy atom. The Morgan fingerprint density at radius 1 is 0.0727 bits per heavy atom. The molecule has 0 radical (unpaired) electrons. The Bertz CT molecular complexity index is 2310. The maximum absolute atomic E-state index is 1.61. The molecule has 0 amide bonds. The zero-order valence-electron chi connectivity index (χ0n) is 73.9. The van der Waals surface area contributed by atoms with E-state index in [1.165, 1.54) is 271 Å². The summed E-state index contributed by atoms with van der Waals surface area (Å²) in [5, 5.41) is 0. The van der Waals surface area contributed by atoms with Crippen molar-refractivity contribution < 1.29 is 0 Å². The summed E-state index contributed by atoms with van der Waals surface area (Å²) in [6, 6.07) is 0. The quantitative estimate of drug-likeness (QED) is 0.227. The lowest BCUT2D eigenvalue weighted by Gasteiger charge is -2.48. The average Bonchev–Trinajstić information content (AvgIpc) is 1.45. The lowest BCUT2D eigenvalue weighted by atomic mass is 9.58. The fraction of sp³-hybridized carbons (Fsp3) is 1.00. The van der Waals surface area contributed by atoms with Crippen LogP contribution in [0.4, 0.5) is 0 Å². The van der Waals surface area contributed by atoms with Crippen molar-refractivity contribution in [2.45, 2.75) is 514 Å². The van der Waals surface area contributed by atoms with Crippen LogP contribution < -0.4 is 0 Å². The van der Waals surface area contributed by atoms with Gasteiger partial charge in [0.1, 0.15) is 0 Å². The van der Waals surface area contributed by atoms with E-state index in [0.29, 0.717) is 0 Å². The van der Waals surface area contributed by atoms with Crippen molar-refractivity contribution in [2.75, 3.05) is 0 Å². The van der Waals surface area contributed by atoms with Crippen molar-refractivity contribution in [1.29, 1.82) is 0 Å². The normalized spacial score (nSPS) is 46.9. The minimum Gasteiger partial charge on any atom is -0.0533 e. The topological polar surface area (TPSA) is 0 Å². The average molecular weight is 1510 g/mol. The van der Waals surface area contributed by atoms with E-state index in [0.717, 1.165) is 47.3 Å². The van der Waals surface area contributed by atoms with Gasteiger partial charge in [0.2, 0.25) is 0 Å². The molecule has 27 rings (SSSR count). The molecule has 110 heavy (non-hydrogen) atoms. The number of fused-ring (bicyclic) bond motifs is 15. The first-order valence-corrected chi connectivity index (χ1v) is 54.5. The van der Waals surface area contributed by atoms with Crippen LogP contribution in [0.5, 0.6) is 0 Å². The summed E-state index contributed by atoms with van der Waals surface area (Å²) < 4.78 is 0. The number of rotatable bonds is 0. The van der Waals surface area contributed by atoms with E-state index in [9.17, 15) is 0 Å². The molecule has 0 aromatic carbocycles. The Kier molecular flexibility index (Phi) is 33.5. The standard InChI is InChI=1S/C14H24.C12H20.C11H18.C11H20.2C10H18.C9H16.C8H14.2C7H12.C6H10.C5H8/c1-3-7-13-11(5-1)9-10-12-6-2-4-8-14(12)13;1-3-9-4-2-6-11-8-7-10(5-1)12(9)11;1-3-8-4-2-6-10(8)11-7-9(11)5-1;1-2-6-10-8-4-5-9-11(10)7-3-1;2*1-2-6-10-8-4-3-7-9(10)5-1;1-2-5-9-7-3-6-8(9)4-1;1-3-7-5-2-6-8(7)4-1;1-2-6-4-5-7(6)3-1;1-2-4-7-5-6(7)3-1;1-2-5-4-6(5)3-1;1-2-5-3-4(1)5/h11-14H,1-10H2;9-12H,1-8H2;8-11H,1-7H2;10-11H,1-9H2;2*9-10H,1-8H2;8-9H,1-7H2;7-8H,1-6H2;2*6-7H,1-5H2;5-6H,1-4H2;4-5H,1-3H2/t;;;;;;8-,9+;;2*6-,7+;5-,6+;4-,5+. The maximum Gasteiger partial charge on any atom is -0.0329 e. The number of hydrogen-bond acceptors (Lipinski definition) is 0. The molecule has 0 N–H and O–H groups in total. The van der Waals surface area contributed by atoms with Gasteiger partial charge in [-0.3, -0.25) is 0 Å². The van der Waals surface area contributed by atoms with Crippen LogP contribution in [0, 0.1) is 178 Å². The highest BCUT2D eigenvalue weighted by atomic mass is 14.5. The van der Waals surface area contributed by atoms with Gasteiger partial charge in [-0.1, -0.05) is 417 Å². The Balaban J connectivity index is 0.0000000918. The summed E-state index contributed by atoms with van der Waals surface area (Å²) in [4.78, 5) is 0. The minimum atomic E-state index is 1.14. The molecule has 0 heterocycles. The predicted molar refractivity (Wildman–Crippen MR) is 474 cm³/mol. The fourth-order valence-electron chi connectivity index (χ4n) is 33.6. The van der Waals surface area contributed by atoms with E-state index in [1.54, 1.807) is 372 Å². The first-order valence-electron chi connectivity index (χ1n) is 54.5. The molecule has 0 bridgehead atoms. The van der Waals surface area contributed by atoms with Gasteiger partial charge in [0, 0.05) is 0 Å². The summed E-state index contributed by atoms with van der Waals surface area (Å²) in [5.74, 6) is 35.4. The van der Waals surface area contributed by atoms with Gasteiger partial charge in [-0.15, -0.1) is 0 Å². The third-order valence-electron chi connectivity index (χ3n) is 40.9. The fourth-order valence-corrected chi connectivity index (χ4v) is 33.6. The second-order valence-corrected chi connectivity index (χ2v) is 47.1. The summed E-state index contributed by atoms with van der Waals surface area (Å²) in [6.07, 6.45) is 125. The van der Waals surface area contributed by atoms with Crippen molar-refractivity contribution in [3.05, 3.63) is 0 Å². The van der Waals surface area contributed by atoms with Gasteiger partial charge in [0.15, 0.2) is 0 Å². The van der Waals surface area contributed by atoms with Gasteiger partial charge in [-0.2, -0.15) is 0 Å². The highest BCUT2D eigenvalue weighted by molar-refractivity contribution is 5.00. The van der Waals surface area contributed by atoms with Gasteiger partial charge in [0.25, 0.3) is 0 Å². The van der Waals surface area contributed by atoms with E-state index in [1.807, 2.05) is 0 Å². The van der Waals surface area contributed by atoms with E-state index in [2.05, 4.69) is 0 Å². The second kappa shape index (κ2) is 44.0. The van der Waals surface area contributed by atoms with Crippen LogP contribution in [-0.4, -0.2) is 0 Å². The molecule has 27 saturated carbocycles. The van der Waals surface area contributed by atoms with Crippen LogP contribution >= 0.6 is 0 Å². The summed E-state index contributed by atoms with van der Waals surface area (Å²) in [7, 11) is 0. The monoisotopic (exact) mass is 1510 g/mol. The smallest absolute Gasteiger partial charge is 0.0329 e. The lowest BCUT2D eigenvalue weighted by molar-refractivity contribution is 0.0278. The third-order valence-corrected chi connectivity index (χ3v) is 40.9.